The summed E-state index contributed by atoms with van der Waals surface area (Å²) in [7, 11) is 3.16. The standard InChI is InChI=1S/C14H19N5O2.C13H17N5O2.CH4/c1-7(2)11-9(5-8(3)13(18-11)20-4)21-10-6-17-14(16)19-12(10)15;1-7(2)11-8(4-5-10(17-11)19-3)20-9-6-16-13(15)18-12(9)14;/h5-7H,1-4H3,(H4,15,16,17,19);4-7H,1-3H3,(H4,14,15,16,18);1H4. The Morgan fingerprint density at radius 1 is 0.643 bits per heavy atom. The molecular formula is C28H40N10O4. The summed E-state index contributed by atoms with van der Waals surface area (Å²) in [4.78, 5) is 24.3. The van der Waals surface area contributed by atoms with Gasteiger partial charge < -0.3 is 41.9 Å². The maximum Gasteiger partial charge on any atom is 0.222 e. The van der Waals surface area contributed by atoms with E-state index in [4.69, 9.17) is 41.9 Å². The number of anilines is 4. The SMILES string of the molecule is C.COc1ccc(Oc2cnc(N)nc2N)c(C(C)C)n1.COc1nc(C(C)C)c(Oc2cnc(N)nc2N)cc1C. The molecule has 42 heavy (non-hydrogen) atoms. The van der Waals surface area contributed by atoms with E-state index in [0.717, 1.165) is 17.0 Å². The van der Waals surface area contributed by atoms with Crippen LogP contribution in [0.25, 0.3) is 0 Å². The van der Waals surface area contributed by atoms with Crippen LogP contribution in [0.5, 0.6) is 34.8 Å². The summed E-state index contributed by atoms with van der Waals surface area (Å²) in [6, 6.07) is 5.35. The van der Waals surface area contributed by atoms with E-state index in [0.29, 0.717) is 34.8 Å². The molecule has 0 saturated heterocycles. The van der Waals surface area contributed by atoms with Gasteiger partial charge in [0.25, 0.3) is 0 Å². The molecular weight excluding hydrogens is 540 g/mol. The molecule has 4 rings (SSSR count). The number of rotatable bonds is 8. The number of ether oxygens (including phenoxy) is 4. The molecule has 0 aromatic carbocycles. The van der Waals surface area contributed by atoms with Crippen LogP contribution < -0.4 is 41.9 Å². The van der Waals surface area contributed by atoms with Crippen molar-refractivity contribution in [1.29, 1.82) is 0 Å². The van der Waals surface area contributed by atoms with Gasteiger partial charge in [0.05, 0.1) is 38.0 Å². The first-order valence-electron chi connectivity index (χ1n) is 12.7. The summed E-state index contributed by atoms with van der Waals surface area (Å²) < 4.78 is 21.9. The third-order valence-electron chi connectivity index (χ3n) is 5.56. The molecule has 0 radical (unpaired) electrons. The zero-order valence-electron chi connectivity index (χ0n) is 24.2. The summed E-state index contributed by atoms with van der Waals surface area (Å²) in [6.07, 6.45) is 2.88. The van der Waals surface area contributed by atoms with Crippen molar-refractivity contribution in [2.24, 2.45) is 0 Å². The molecule has 8 N–H and O–H groups in total. The van der Waals surface area contributed by atoms with Crippen LogP contribution in [0.1, 0.15) is 63.9 Å². The predicted octanol–water partition coefficient (Wildman–Crippen LogP) is 4.87. The molecule has 14 nitrogen and oxygen atoms in total. The largest absolute Gasteiger partial charge is 0.481 e. The van der Waals surface area contributed by atoms with E-state index in [1.807, 2.05) is 40.7 Å². The third kappa shape index (κ3) is 8.19. The first-order chi connectivity index (χ1) is 19.4. The van der Waals surface area contributed by atoms with Crippen LogP contribution in [0, 0.1) is 6.92 Å². The summed E-state index contributed by atoms with van der Waals surface area (Å²) in [6.45, 7) is 9.96. The lowest BCUT2D eigenvalue weighted by atomic mass is 10.1. The van der Waals surface area contributed by atoms with Crippen molar-refractivity contribution in [3.05, 3.63) is 47.5 Å². The Hall–Kier alpha value is -5.14. The predicted molar refractivity (Wildman–Crippen MR) is 163 cm³/mol. The number of hydrogen-bond acceptors (Lipinski definition) is 14. The van der Waals surface area contributed by atoms with E-state index in [1.165, 1.54) is 12.4 Å². The molecule has 0 saturated carbocycles. The van der Waals surface area contributed by atoms with Crippen LogP contribution in [0.2, 0.25) is 0 Å². The highest BCUT2D eigenvalue weighted by Gasteiger charge is 2.17. The van der Waals surface area contributed by atoms with Gasteiger partial charge in [-0.3, -0.25) is 0 Å². The fourth-order valence-corrected chi connectivity index (χ4v) is 3.53. The van der Waals surface area contributed by atoms with E-state index >= 15 is 0 Å². The number of nitrogens with zero attached hydrogens (tertiary/aromatic N) is 6. The van der Waals surface area contributed by atoms with Crippen LogP contribution in [0.4, 0.5) is 23.5 Å². The topological polar surface area (TPSA) is 218 Å². The summed E-state index contributed by atoms with van der Waals surface area (Å²) in [5.41, 5.74) is 24.9. The van der Waals surface area contributed by atoms with E-state index in [9.17, 15) is 0 Å². The minimum absolute atomic E-state index is 0. The van der Waals surface area contributed by atoms with Gasteiger partial charge in [0.1, 0.15) is 11.5 Å². The monoisotopic (exact) mass is 580 g/mol. The van der Waals surface area contributed by atoms with Gasteiger partial charge in [0, 0.05) is 11.6 Å². The Kier molecular flexibility index (Phi) is 11.4. The van der Waals surface area contributed by atoms with Crippen molar-refractivity contribution < 1.29 is 18.9 Å². The number of aryl methyl sites for hydroxylation is 1. The molecule has 226 valence electrons. The Balaban J connectivity index is 0.000000287. The lowest BCUT2D eigenvalue weighted by molar-refractivity contribution is 0.387. The van der Waals surface area contributed by atoms with E-state index in [1.54, 1.807) is 26.4 Å². The zero-order valence-corrected chi connectivity index (χ0v) is 24.2. The molecule has 0 unspecified atom stereocenters. The van der Waals surface area contributed by atoms with Crippen LogP contribution >= 0.6 is 0 Å². The summed E-state index contributed by atoms with van der Waals surface area (Å²) in [5.74, 6) is 3.87. The molecule has 14 heteroatoms. The van der Waals surface area contributed by atoms with Gasteiger partial charge >= 0.3 is 0 Å². The molecule has 0 bridgehead atoms. The molecule has 0 spiro atoms. The Bertz CT molecular complexity index is 1500. The highest BCUT2D eigenvalue weighted by molar-refractivity contribution is 5.51. The highest BCUT2D eigenvalue weighted by Crippen LogP contribution is 2.35. The quantitative estimate of drug-likeness (QED) is 0.219. The fraction of sp³-hybridized carbons (Fsp3) is 0.357. The normalized spacial score (nSPS) is 10.4. The summed E-state index contributed by atoms with van der Waals surface area (Å²) >= 11 is 0. The maximum absolute atomic E-state index is 5.81. The lowest BCUT2D eigenvalue weighted by Gasteiger charge is -2.16. The molecule has 0 aliphatic rings. The molecule has 0 atom stereocenters. The minimum Gasteiger partial charge on any atom is -0.481 e. The molecule has 4 aromatic rings. The first kappa shape index (κ1) is 33.1. The molecule has 0 aliphatic heterocycles. The van der Waals surface area contributed by atoms with Crippen LogP contribution in [-0.2, 0) is 0 Å². The summed E-state index contributed by atoms with van der Waals surface area (Å²) in [5, 5.41) is 0. The zero-order chi connectivity index (χ0) is 30.3. The second-order valence-electron chi connectivity index (χ2n) is 9.40. The second kappa shape index (κ2) is 14.5. The molecule has 0 aliphatic carbocycles. The average molecular weight is 581 g/mol. The van der Waals surface area contributed by atoms with Crippen molar-refractivity contribution in [3.8, 4) is 34.8 Å². The Morgan fingerprint density at radius 3 is 1.60 bits per heavy atom. The maximum atomic E-state index is 5.81. The van der Waals surface area contributed by atoms with Crippen LogP contribution in [-0.4, -0.2) is 44.1 Å². The first-order valence-corrected chi connectivity index (χ1v) is 12.7. The van der Waals surface area contributed by atoms with Gasteiger partial charge in [-0.25, -0.2) is 19.9 Å². The number of nitrogen functional groups attached to an aromatic ring is 4. The minimum atomic E-state index is 0. The van der Waals surface area contributed by atoms with Crippen LogP contribution in [0.15, 0.2) is 30.6 Å². The van der Waals surface area contributed by atoms with E-state index < -0.39 is 0 Å². The van der Waals surface area contributed by atoms with Gasteiger partial charge in [0.2, 0.25) is 23.7 Å². The van der Waals surface area contributed by atoms with Gasteiger partial charge in [-0.05, 0) is 30.9 Å². The van der Waals surface area contributed by atoms with Crippen molar-refractivity contribution in [2.75, 3.05) is 37.2 Å². The van der Waals surface area contributed by atoms with E-state index in [-0.39, 0.29) is 42.8 Å². The molecule has 4 aromatic heterocycles. The molecule has 4 heterocycles. The molecule has 0 fully saturated rings. The number of pyridine rings is 2. The lowest BCUT2D eigenvalue weighted by Crippen LogP contribution is -2.05. The highest BCUT2D eigenvalue weighted by atomic mass is 16.5. The van der Waals surface area contributed by atoms with Crippen molar-refractivity contribution >= 4 is 23.5 Å². The van der Waals surface area contributed by atoms with Gasteiger partial charge in [-0.15, -0.1) is 0 Å². The molecule has 0 amide bonds. The Labute approximate surface area is 245 Å². The van der Waals surface area contributed by atoms with Crippen molar-refractivity contribution in [2.45, 2.75) is 53.9 Å². The third-order valence-corrected chi connectivity index (χ3v) is 5.56. The number of nitrogens with two attached hydrogens (primary N) is 4. The fourth-order valence-electron chi connectivity index (χ4n) is 3.53. The number of aromatic nitrogens is 6. The van der Waals surface area contributed by atoms with Gasteiger partial charge in [-0.1, -0.05) is 35.1 Å². The van der Waals surface area contributed by atoms with Gasteiger partial charge in [0.15, 0.2) is 23.1 Å². The Morgan fingerprint density at radius 2 is 1.14 bits per heavy atom. The number of hydrogen-bond donors (Lipinski definition) is 4. The van der Waals surface area contributed by atoms with Crippen molar-refractivity contribution in [1.82, 2.24) is 29.9 Å². The van der Waals surface area contributed by atoms with Crippen LogP contribution in [0.3, 0.4) is 0 Å². The smallest absolute Gasteiger partial charge is 0.222 e. The average Bonchev–Trinajstić information content (AvgIpc) is 2.92. The van der Waals surface area contributed by atoms with E-state index in [2.05, 4.69) is 29.9 Å². The number of methoxy groups -OCH3 is 2. The van der Waals surface area contributed by atoms with Gasteiger partial charge in [-0.2, -0.15) is 9.97 Å². The second-order valence-corrected chi connectivity index (χ2v) is 9.40. The van der Waals surface area contributed by atoms with Crippen molar-refractivity contribution in [3.63, 3.8) is 0 Å².